The Balaban J connectivity index is 0.00000132. The Hall–Kier alpha value is -0.690. The maximum absolute atomic E-state index is 12.0. The fourth-order valence-electron chi connectivity index (χ4n) is 2.78. The first-order valence-corrected chi connectivity index (χ1v) is 8.79. The van der Waals surface area contributed by atoms with Crippen LogP contribution in [0.4, 0.5) is 11.5 Å². The second-order valence-corrected chi connectivity index (χ2v) is 6.73. The average Bonchev–Trinajstić information content (AvgIpc) is 3.03. The van der Waals surface area contributed by atoms with E-state index in [1.54, 1.807) is 6.20 Å². The minimum atomic E-state index is 0. The van der Waals surface area contributed by atoms with E-state index in [4.69, 9.17) is 0 Å². The molecule has 5 nitrogen and oxygen atoms in total. The standard InChI is InChI=1S/C15H22N4OS.2ClH/c20-15(9-13-11-21-8-5-16-13)18-12-3-4-14(17-10-12)19-6-1-2-7-19;;/h3-4,10,13,16H,1-2,5-9,11H2,(H,18,20);2*1H. The molecule has 0 bridgehead atoms. The van der Waals surface area contributed by atoms with Crippen LogP contribution < -0.4 is 15.5 Å². The highest BCUT2D eigenvalue weighted by molar-refractivity contribution is 7.99. The Morgan fingerprint density at radius 1 is 1.35 bits per heavy atom. The molecule has 0 radical (unpaired) electrons. The van der Waals surface area contributed by atoms with E-state index in [9.17, 15) is 4.79 Å². The Bertz CT molecular complexity index is 477. The van der Waals surface area contributed by atoms with Gasteiger partial charge in [0.2, 0.25) is 5.91 Å². The Labute approximate surface area is 154 Å². The molecule has 1 amide bonds. The lowest BCUT2D eigenvalue weighted by Gasteiger charge is -2.22. The number of aromatic nitrogens is 1. The van der Waals surface area contributed by atoms with Crippen LogP contribution in [0.1, 0.15) is 19.3 Å². The lowest BCUT2D eigenvalue weighted by Crippen LogP contribution is -2.39. The van der Waals surface area contributed by atoms with Crippen molar-refractivity contribution in [1.82, 2.24) is 10.3 Å². The van der Waals surface area contributed by atoms with Crippen LogP contribution in [0.25, 0.3) is 0 Å². The van der Waals surface area contributed by atoms with Gasteiger partial charge >= 0.3 is 0 Å². The molecule has 1 unspecified atom stereocenters. The highest BCUT2D eigenvalue weighted by Crippen LogP contribution is 2.19. The molecule has 3 rings (SSSR count). The van der Waals surface area contributed by atoms with Gasteiger partial charge in [0.25, 0.3) is 0 Å². The predicted molar refractivity (Wildman–Crippen MR) is 103 cm³/mol. The highest BCUT2D eigenvalue weighted by atomic mass is 35.5. The molecule has 8 heteroatoms. The Kier molecular flexibility index (Phi) is 9.06. The summed E-state index contributed by atoms with van der Waals surface area (Å²) in [6.07, 6.45) is 4.77. The van der Waals surface area contributed by atoms with Gasteiger partial charge in [-0.05, 0) is 25.0 Å². The van der Waals surface area contributed by atoms with E-state index in [1.807, 2.05) is 23.9 Å². The van der Waals surface area contributed by atoms with Gasteiger partial charge in [-0.1, -0.05) is 0 Å². The minimum absolute atomic E-state index is 0. The number of hydrogen-bond donors (Lipinski definition) is 2. The lowest BCUT2D eigenvalue weighted by molar-refractivity contribution is -0.116. The number of carbonyl (C=O) groups excluding carboxylic acids is 1. The Morgan fingerprint density at radius 3 is 2.74 bits per heavy atom. The van der Waals surface area contributed by atoms with E-state index >= 15 is 0 Å². The highest BCUT2D eigenvalue weighted by Gasteiger charge is 2.17. The van der Waals surface area contributed by atoms with Crippen molar-refractivity contribution < 1.29 is 4.79 Å². The monoisotopic (exact) mass is 378 g/mol. The molecule has 3 heterocycles. The van der Waals surface area contributed by atoms with Crippen molar-refractivity contribution in [2.75, 3.05) is 41.4 Å². The first-order valence-electron chi connectivity index (χ1n) is 7.63. The molecule has 1 aromatic rings. The summed E-state index contributed by atoms with van der Waals surface area (Å²) >= 11 is 1.91. The van der Waals surface area contributed by atoms with Gasteiger partial charge in [0.05, 0.1) is 11.9 Å². The number of hydrogen-bond acceptors (Lipinski definition) is 5. The van der Waals surface area contributed by atoms with E-state index in [2.05, 4.69) is 20.5 Å². The Morgan fingerprint density at radius 2 is 2.13 bits per heavy atom. The first-order chi connectivity index (χ1) is 10.3. The summed E-state index contributed by atoms with van der Waals surface area (Å²) in [6, 6.07) is 4.23. The first kappa shape index (κ1) is 20.4. The van der Waals surface area contributed by atoms with Crippen molar-refractivity contribution in [3.05, 3.63) is 18.3 Å². The lowest BCUT2D eigenvalue weighted by atomic mass is 10.2. The molecular formula is C15H24Cl2N4OS. The van der Waals surface area contributed by atoms with Crippen LogP contribution in [-0.2, 0) is 4.79 Å². The molecule has 2 aliphatic rings. The second-order valence-electron chi connectivity index (χ2n) is 5.58. The van der Waals surface area contributed by atoms with Crippen LogP contribution in [0.5, 0.6) is 0 Å². The SMILES string of the molecule is Cl.Cl.O=C(CC1CSCCN1)Nc1ccc(N2CCCC2)nc1. The zero-order chi connectivity index (χ0) is 14.5. The molecule has 0 spiro atoms. The summed E-state index contributed by atoms with van der Waals surface area (Å²) in [5.41, 5.74) is 0.784. The van der Waals surface area contributed by atoms with Gasteiger partial charge in [0.15, 0.2) is 0 Å². The molecule has 23 heavy (non-hydrogen) atoms. The number of nitrogens with one attached hydrogen (secondary N) is 2. The fraction of sp³-hybridized carbons (Fsp3) is 0.600. The number of carbonyl (C=O) groups is 1. The summed E-state index contributed by atoms with van der Waals surface area (Å²) in [7, 11) is 0. The van der Waals surface area contributed by atoms with E-state index in [0.717, 1.165) is 42.6 Å². The van der Waals surface area contributed by atoms with Crippen LogP contribution in [-0.4, -0.2) is 48.1 Å². The second kappa shape index (κ2) is 10.2. The number of amides is 1. The van der Waals surface area contributed by atoms with Gasteiger partial charge in [-0.25, -0.2) is 4.98 Å². The molecule has 1 aromatic heterocycles. The van der Waals surface area contributed by atoms with Crippen molar-refractivity contribution in [2.24, 2.45) is 0 Å². The molecule has 0 saturated carbocycles. The van der Waals surface area contributed by atoms with E-state index < -0.39 is 0 Å². The van der Waals surface area contributed by atoms with Crippen molar-refractivity contribution in [2.45, 2.75) is 25.3 Å². The average molecular weight is 379 g/mol. The van der Waals surface area contributed by atoms with Gasteiger partial charge in [-0.15, -0.1) is 24.8 Å². The third-order valence-electron chi connectivity index (χ3n) is 3.89. The number of halogens is 2. The molecule has 2 aliphatic heterocycles. The van der Waals surface area contributed by atoms with Gasteiger partial charge in [-0.3, -0.25) is 4.79 Å². The van der Waals surface area contributed by atoms with Crippen LogP contribution in [0.15, 0.2) is 18.3 Å². The summed E-state index contributed by atoms with van der Waals surface area (Å²) in [4.78, 5) is 18.8. The van der Waals surface area contributed by atoms with Gasteiger partial charge in [-0.2, -0.15) is 11.8 Å². The third kappa shape index (κ3) is 6.03. The van der Waals surface area contributed by atoms with Crippen molar-refractivity contribution in [3.63, 3.8) is 0 Å². The minimum Gasteiger partial charge on any atom is -0.357 e. The predicted octanol–water partition coefficient (Wildman–Crippen LogP) is 2.56. The molecule has 130 valence electrons. The van der Waals surface area contributed by atoms with Gasteiger partial charge in [0.1, 0.15) is 5.82 Å². The maximum Gasteiger partial charge on any atom is 0.226 e. The topological polar surface area (TPSA) is 57.3 Å². The maximum atomic E-state index is 12.0. The molecule has 2 saturated heterocycles. The fourth-order valence-corrected chi connectivity index (χ4v) is 3.73. The van der Waals surface area contributed by atoms with Gasteiger partial charge in [0, 0.05) is 43.6 Å². The number of thioether (sulfide) groups is 1. The van der Waals surface area contributed by atoms with Crippen LogP contribution in [0.3, 0.4) is 0 Å². The molecule has 1 atom stereocenters. The zero-order valence-electron chi connectivity index (χ0n) is 13.0. The summed E-state index contributed by atoms with van der Waals surface area (Å²) in [5, 5.41) is 6.32. The molecule has 0 aliphatic carbocycles. The molecular weight excluding hydrogens is 355 g/mol. The van der Waals surface area contributed by atoms with Crippen molar-refractivity contribution in [3.8, 4) is 0 Å². The van der Waals surface area contributed by atoms with Crippen LogP contribution in [0, 0.1) is 0 Å². The van der Waals surface area contributed by atoms with E-state index in [-0.39, 0.29) is 30.7 Å². The zero-order valence-corrected chi connectivity index (χ0v) is 15.4. The van der Waals surface area contributed by atoms with Crippen LogP contribution >= 0.6 is 36.6 Å². The third-order valence-corrected chi connectivity index (χ3v) is 5.02. The summed E-state index contributed by atoms with van der Waals surface area (Å²) < 4.78 is 0. The summed E-state index contributed by atoms with van der Waals surface area (Å²) in [5.74, 6) is 3.22. The van der Waals surface area contributed by atoms with Gasteiger partial charge < -0.3 is 15.5 Å². The normalized spacial score (nSPS) is 20.3. The smallest absolute Gasteiger partial charge is 0.226 e. The largest absolute Gasteiger partial charge is 0.357 e. The molecule has 0 aromatic carbocycles. The number of rotatable bonds is 4. The quantitative estimate of drug-likeness (QED) is 0.842. The molecule has 2 N–H and O–H groups in total. The molecule has 2 fully saturated rings. The van der Waals surface area contributed by atoms with E-state index in [1.165, 1.54) is 12.8 Å². The van der Waals surface area contributed by atoms with Crippen molar-refractivity contribution >= 4 is 54.0 Å². The number of pyridine rings is 1. The number of nitrogens with zero attached hydrogens (tertiary/aromatic N) is 2. The summed E-state index contributed by atoms with van der Waals surface area (Å²) in [6.45, 7) is 3.17. The number of anilines is 2. The van der Waals surface area contributed by atoms with Crippen LogP contribution in [0.2, 0.25) is 0 Å². The van der Waals surface area contributed by atoms with Crippen molar-refractivity contribution in [1.29, 1.82) is 0 Å². The van der Waals surface area contributed by atoms with E-state index in [0.29, 0.717) is 12.5 Å².